The minimum Gasteiger partial charge on any atom is -0.465 e. The molecular weight excluding hydrogens is 452 g/mol. The first-order valence-electron chi connectivity index (χ1n) is 12.1. The number of aryl methyl sites for hydroxylation is 2. The summed E-state index contributed by atoms with van der Waals surface area (Å²) in [7, 11) is 1.39. The van der Waals surface area contributed by atoms with Gasteiger partial charge >= 0.3 is 5.97 Å². The van der Waals surface area contributed by atoms with Crippen molar-refractivity contribution in [1.29, 1.82) is 0 Å². The van der Waals surface area contributed by atoms with Crippen LogP contribution in [0.3, 0.4) is 0 Å². The second-order valence-electron chi connectivity index (χ2n) is 9.35. The van der Waals surface area contributed by atoms with Gasteiger partial charge in [-0.05, 0) is 68.5 Å². The minimum atomic E-state index is -0.352. The van der Waals surface area contributed by atoms with Gasteiger partial charge in [-0.25, -0.2) is 4.79 Å². The Labute approximate surface area is 208 Å². The molecule has 36 heavy (non-hydrogen) atoms. The Morgan fingerprint density at radius 3 is 2.53 bits per heavy atom. The predicted octanol–water partition coefficient (Wildman–Crippen LogP) is 6.16. The second-order valence-corrected chi connectivity index (χ2v) is 9.35. The highest BCUT2D eigenvalue weighted by molar-refractivity contribution is 5.96. The van der Waals surface area contributed by atoms with Crippen LogP contribution in [0.2, 0.25) is 0 Å². The zero-order valence-corrected chi connectivity index (χ0v) is 20.4. The number of ether oxygens (including phenoxy) is 1. The first-order valence-corrected chi connectivity index (χ1v) is 12.1. The van der Waals surface area contributed by atoms with Crippen LogP contribution in [0.25, 0.3) is 33.3 Å². The fourth-order valence-corrected chi connectivity index (χ4v) is 5.08. The fraction of sp³-hybridized carbons (Fsp3) is 0.241. The summed E-state index contributed by atoms with van der Waals surface area (Å²) in [5.41, 5.74) is 8.28. The average Bonchev–Trinajstić information content (AvgIpc) is 3.60. The lowest BCUT2D eigenvalue weighted by molar-refractivity contribution is 0.0600. The summed E-state index contributed by atoms with van der Waals surface area (Å²) in [6.45, 7) is 3.87. The Kier molecular flexibility index (Phi) is 5.40. The number of pyridine rings is 2. The van der Waals surface area contributed by atoms with Crippen LogP contribution in [0, 0.1) is 19.8 Å². The predicted molar refractivity (Wildman–Crippen MR) is 137 cm³/mol. The smallest absolute Gasteiger partial charge is 0.337 e. The SMILES string of the molecule is COC(=O)c1ccc(-c2cn(C(c3ccccn3)C3CC3)c3cc(-c4c(C)noc4C)cnc23)cc1. The van der Waals surface area contributed by atoms with Gasteiger partial charge in [0.05, 0.1) is 41.1 Å². The highest BCUT2D eigenvalue weighted by Gasteiger charge is 2.36. The van der Waals surface area contributed by atoms with Crippen molar-refractivity contribution < 1.29 is 14.1 Å². The molecule has 1 aliphatic rings. The van der Waals surface area contributed by atoms with E-state index in [9.17, 15) is 4.79 Å². The summed E-state index contributed by atoms with van der Waals surface area (Å²) < 4.78 is 12.6. The van der Waals surface area contributed by atoms with Crippen LogP contribution < -0.4 is 0 Å². The van der Waals surface area contributed by atoms with Gasteiger partial charge in [0, 0.05) is 35.3 Å². The van der Waals surface area contributed by atoms with Crippen molar-refractivity contribution in [1.82, 2.24) is 19.7 Å². The number of carbonyl (C=O) groups is 1. The molecule has 7 heteroatoms. The molecule has 1 unspecified atom stereocenters. The maximum absolute atomic E-state index is 12.0. The monoisotopic (exact) mass is 478 g/mol. The normalized spacial score (nSPS) is 14.2. The molecule has 7 nitrogen and oxygen atoms in total. The van der Waals surface area contributed by atoms with Crippen molar-refractivity contribution in [2.45, 2.75) is 32.7 Å². The summed E-state index contributed by atoms with van der Waals surface area (Å²) in [5, 5.41) is 4.14. The van der Waals surface area contributed by atoms with E-state index in [0.717, 1.165) is 50.4 Å². The molecule has 0 spiro atoms. The first kappa shape index (κ1) is 22.2. The molecule has 0 amide bonds. The van der Waals surface area contributed by atoms with E-state index in [2.05, 4.69) is 28.1 Å². The van der Waals surface area contributed by atoms with Gasteiger partial charge in [-0.15, -0.1) is 0 Å². The Morgan fingerprint density at radius 2 is 1.89 bits per heavy atom. The molecule has 0 radical (unpaired) electrons. The quantitative estimate of drug-likeness (QED) is 0.272. The number of nitrogens with zero attached hydrogens (tertiary/aromatic N) is 4. The number of aromatic nitrogens is 4. The number of benzene rings is 1. The molecule has 1 saturated carbocycles. The van der Waals surface area contributed by atoms with E-state index in [-0.39, 0.29) is 12.0 Å². The van der Waals surface area contributed by atoms with Crippen molar-refractivity contribution in [3.63, 3.8) is 0 Å². The maximum Gasteiger partial charge on any atom is 0.337 e. The molecule has 4 heterocycles. The van der Waals surface area contributed by atoms with Crippen LogP contribution in [-0.4, -0.2) is 32.8 Å². The van der Waals surface area contributed by atoms with Crippen molar-refractivity contribution in [3.8, 4) is 22.3 Å². The minimum absolute atomic E-state index is 0.110. The number of rotatable bonds is 6. The summed E-state index contributed by atoms with van der Waals surface area (Å²) in [6.07, 6.45) is 8.26. The zero-order valence-electron chi connectivity index (χ0n) is 20.4. The molecule has 5 aromatic rings. The number of esters is 1. The third-order valence-electron chi connectivity index (χ3n) is 6.97. The Bertz CT molecular complexity index is 1540. The largest absolute Gasteiger partial charge is 0.465 e. The molecule has 0 saturated heterocycles. The number of fused-ring (bicyclic) bond motifs is 1. The standard InChI is InChI=1S/C29H26N4O3/c1-17-26(18(2)36-32-17)22-14-25-27(31-15-22)23(19-7-11-21(12-8-19)29(34)35-3)16-33(25)28(20-9-10-20)24-6-4-5-13-30-24/h4-8,11-16,20,28H,9-10H2,1-3H3. The Balaban J connectivity index is 1.56. The van der Waals surface area contributed by atoms with E-state index in [0.29, 0.717) is 11.5 Å². The molecule has 1 fully saturated rings. The van der Waals surface area contributed by atoms with Crippen LogP contribution >= 0.6 is 0 Å². The summed E-state index contributed by atoms with van der Waals surface area (Å²) >= 11 is 0. The highest BCUT2D eigenvalue weighted by Crippen LogP contribution is 2.46. The average molecular weight is 479 g/mol. The third kappa shape index (κ3) is 3.77. The third-order valence-corrected chi connectivity index (χ3v) is 6.97. The van der Waals surface area contributed by atoms with E-state index >= 15 is 0 Å². The molecule has 1 atom stereocenters. The van der Waals surface area contributed by atoms with Crippen LogP contribution in [0.4, 0.5) is 0 Å². The number of methoxy groups -OCH3 is 1. The highest BCUT2D eigenvalue weighted by atomic mass is 16.5. The molecular formula is C29H26N4O3. The van der Waals surface area contributed by atoms with Gasteiger partial charge in [0.25, 0.3) is 0 Å². The lowest BCUT2D eigenvalue weighted by Crippen LogP contribution is -2.13. The van der Waals surface area contributed by atoms with E-state index in [1.807, 2.05) is 50.5 Å². The van der Waals surface area contributed by atoms with Crippen molar-refractivity contribution in [2.75, 3.05) is 7.11 Å². The molecule has 0 bridgehead atoms. The topological polar surface area (TPSA) is 83.0 Å². The molecule has 180 valence electrons. The fourth-order valence-electron chi connectivity index (χ4n) is 5.08. The van der Waals surface area contributed by atoms with Crippen LogP contribution in [-0.2, 0) is 4.74 Å². The van der Waals surface area contributed by atoms with Crippen LogP contribution in [0.1, 0.15) is 46.4 Å². The van der Waals surface area contributed by atoms with Crippen LogP contribution in [0.5, 0.6) is 0 Å². The van der Waals surface area contributed by atoms with Gasteiger partial charge in [-0.2, -0.15) is 0 Å². The Morgan fingerprint density at radius 1 is 1.08 bits per heavy atom. The number of hydrogen-bond acceptors (Lipinski definition) is 6. The maximum atomic E-state index is 12.0. The second kappa shape index (κ2) is 8.75. The molecule has 0 aliphatic heterocycles. The van der Waals surface area contributed by atoms with Gasteiger partial charge in [0.1, 0.15) is 5.76 Å². The zero-order chi connectivity index (χ0) is 24.8. The number of carbonyl (C=O) groups excluding carboxylic acids is 1. The molecule has 1 aromatic carbocycles. The van der Waals surface area contributed by atoms with Gasteiger partial charge in [0.2, 0.25) is 0 Å². The van der Waals surface area contributed by atoms with E-state index in [4.69, 9.17) is 19.2 Å². The molecule has 1 aliphatic carbocycles. The van der Waals surface area contributed by atoms with Crippen molar-refractivity contribution >= 4 is 17.0 Å². The van der Waals surface area contributed by atoms with E-state index in [1.165, 1.54) is 20.0 Å². The molecule has 4 aromatic heterocycles. The summed E-state index contributed by atoms with van der Waals surface area (Å²) in [5.74, 6) is 0.941. The first-order chi connectivity index (χ1) is 17.5. The van der Waals surface area contributed by atoms with Gasteiger partial charge in [-0.1, -0.05) is 23.4 Å². The van der Waals surface area contributed by atoms with Gasteiger partial charge in [0.15, 0.2) is 0 Å². The Hall–Kier alpha value is -4.26. The van der Waals surface area contributed by atoms with Gasteiger partial charge < -0.3 is 13.8 Å². The van der Waals surface area contributed by atoms with Gasteiger partial charge in [-0.3, -0.25) is 9.97 Å². The van der Waals surface area contributed by atoms with Crippen molar-refractivity contribution in [3.05, 3.63) is 89.8 Å². The summed E-state index contributed by atoms with van der Waals surface area (Å²) in [6, 6.07) is 15.9. The molecule has 0 N–H and O–H groups in total. The lowest BCUT2D eigenvalue weighted by Gasteiger charge is -2.19. The van der Waals surface area contributed by atoms with Crippen molar-refractivity contribution in [2.24, 2.45) is 5.92 Å². The molecule has 6 rings (SSSR count). The lowest BCUT2D eigenvalue weighted by atomic mass is 10.0. The van der Waals surface area contributed by atoms with Crippen LogP contribution in [0.15, 0.2) is 71.6 Å². The van der Waals surface area contributed by atoms with E-state index < -0.39 is 0 Å². The van der Waals surface area contributed by atoms with E-state index in [1.54, 1.807) is 12.1 Å². The number of hydrogen-bond donors (Lipinski definition) is 0. The summed E-state index contributed by atoms with van der Waals surface area (Å²) in [4.78, 5) is 21.6.